The molecule has 86 valence electrons. The summed E-state index contributed by atoms with van der Waals surface area (Å²) in [4.78, 5) is 0. The van der Waals surface area contributed by atoms with Crippen molar-refractivity contribution in [3.8, 4) is 0 Å². The fraction of sp³-hybridized carbons (Fsp3) is 0.429. The van der Waals surface area contributed by atoms with E-state index in [0.717, 1.165) is 6.08 Å². The van der Waals surface area contributed by atoms with E-state index in [1.165, 1.54) is 12.2 Å². The van der Waals surface area contributed by atoms with Gasteiger partial charge in [-0.3, -0.25) is 9.11 Å². The summed E-state index contributed by atoms with van der Waals surface area (Å²) in [7, 11) is -9.88. The van der Waals surface area contributed by atoms with Crippen LogP contribution in [0, 0.1) is 0 Å². The zero-order valence-electron chi connectivity index (χ0n) is 7.78. The van der Waals surface area contributed by atoms with Crippen molar-refractivity contribution in [2.75, 3.05) is 0 Å². The highest BCUT2D eigenvalue weighted by atomic mass is 32.3. The quantitative estimate of drug-likeness (QED) is 0.689. The SMILES string of the molecule is CC1=CCC(S(=O)(=O)O)(S(=O)(=O)O)C=C1. The fourth-order valence-electron chi connectivity index (χ4n) is 1.21. The van der Waals surface area contributed by atoms with Gasteiger partial charge in [-0.05, 0) is 13.0 Å². The topological polar surface area (TPSA) is 109 Å². The smallest absolute Gasteiger partial charge is 0.284 e. The lowest BCUT2D eigenvalue weighted by molar-refractivity contribution is 0.437. The molecule has 0 fully saturated rings. The summed E-state index contributed by atoms with van der Waals surface area (Å²) < 4.78 is 59.1. The second kappa shape index (κ2) is 3.41. The Labute approximate surface area is 87.8 Å². The molecule has 6 nitrogen and oxygen atoms in total. The minimum absolute atomic E-state index is 0.507. The summed E-state index contributed by atoms with van der Waals surface area (Å²) >= 11 is 0. The highest BCUT2D eigenvalue weighted by Crippen LogP contribution is 2.33. The Morgan fingerprint density at radius 2 is 1.67 bits per heavy atom. The van der Waals surface area contributed by atoms with Gasteiger partial charge in [0.05, 0.1) is 0 Å². The van der Waals surface area contributed by atoms with Crippen molar-refractivity contribution >= 4 is 20.2 Å². The number of rotatable bonds is 2. The molecule has 0 aromatic carbocycles. The van der Waals surface area contributed by atoms with Crippen LogP contribution in [-0.2, 0) is 20.2 Å². The monoisotopic (exact) mass is 254 g/mol. The van der Waals surface area contributed by atoms with Crippen LogP contribution in [0.25, 0.3) is 0 Å². The molecule has 0 unspecified atom stereocenters. The number of hydrogen-bond donors (Lipinski definition) is 2. The molecule has 0 amide bonds. The first-order valence-electron chi connectivity index (χ1n) is 3.90. The van der Waals surface area contributed by atoms with E-state index >= 15 is 0 Å². The van der Waals surface area contributed by atoms with E-state index in [4.69, 9.17) is 9.11 Å². The van der Waals surface area contributed by atoms with Crippen molar-refractivity contribution in [3.63, 3.8) is 0 Å². The van der Waals surface area contributed by atoms with Gasteiger partial charge in [-0.15, -0.1) is 0 Å². The molecule has 0 saturated heterocycles. The molecule has 1 rings (SSSR count). The lowest BCUT2D eigenvalue weighted by Crippen LogP contribution is -2.44. The highest BCUT2D eigenvalue weighted by molar-refractivity contribution is 8.05. The normalized spacial score (nSPS) is 21.1. The molecule has 0 aromatic rings. The van der Waals surface area contributed by atoms with Crippen molar-refractivity contribution < 1.29 is 25.9 Å². The summed E-state index contributed by atoms with van der Waals surface area (Å²) in [6.45, 7) is 1.63. The van der Waals surface area contributed by atoms with Gasteiger partial charge in [-0.25, -0.2) is 0 Å². The predicted molar refractivity (Wildman–Crippen MR) is 53.3 cm³/mol. The predicted octanol–water partition coefficient (Wildman–Crippen LogP) is 0.365. The molecule has 8 heteroatoms. The van der Waals surface area contributed by atoms with Crippen LogP contribution in [0.2, 0.25) is 0 Å². The molecule has 1 aliphatic rings. The van der Waals surface area contributed by atoms with Gasteiger partial charge in [-0.2, -0.15) is 16.8 Å². The molecular weight excluding hydrogens is 244 g/mol. The van der Waals surface area contributed by atoms with Gasteiger partial charge < -0.3 is 0 Å². The Kier molecular flexibility index (Phi) is 2.81. The van der Waals surface area contributed by atoms with Crippen LogP contribution in [0.3, 0.4) is 0 Å². The van der Waals surface area contributed by atoms with Gasteiger partial charge in [0.25, 0.3) is 20.2 Å². The summed E-state index contributed by atoms with van der Waals surface area (Å²) in [5, 5.41) is 0. The number of hydrogen-bond acceptors (Lipinski definition) is 4. The summed E-state index contributed by atoms with van der Waals surface area (Å²) in [5.74, 6) is 0. The van der Waals surface area contributed by atoms with Crippen molar-refractivity contribution in [2.24, 2.45) is 0 Å². The molecule has 2 N–H and O–H groups in total. The summed E-state index contributed by atoms with van der Waals surface area (Å²) in [6, 6.07) is 0. The van der Waals surface area contributed by atoms with E-state index in [9.17, 15) is 16.8 Å². The lowest BCUT2D eigenvalue weighted by Gasteiger charge is -2.24. The van der Waals surface area contributed by atoms with Crippen molar-refractivity contribution in [1.29, 1.82) is 0 Å². The summed E-state index contributed by atoms with van der Waals surface area (Å²) in [6.07, 6.45) is 2.78. The maximum absolute atomic E-state index is 11.0. The third kappa shape index (κ3) is 1.98. The van der Waals surface area contributed by atoms with Crippen molar-refractivity contribution in [1.82, 2.24) is 0 Å². The van der Waals surface area contributed by atoms with E-state index in [0.29, 0.717) is 5.57 Å². The molecular formula is C7H10O6S2. The minimum atomic E-state index is -4.94. The zero-order valence-corrected chi connectivity index (χ0v) is 9.42. The Bertz CT molecular complexity index is 490. The minimum Gasteiger partial charge on any atom is -0.284 e. The van der Waals surface area contributed by atoms with Crippen LogP contribution in [0.5, 0.6) is 0 Å². The molecule has 0 radical (unpaired) electrons. The molecule has 0 aromatic heterocycles. The van der Waals surface area contributed by atoms with Crippen molar-refractivity contribution in [3.05, 3.63) is 23.8 Å². The molecule has 0 bridgehead atoms. The van der Waals surface area contributed by atoms with Gasteiger partial charge >= 0.3 is 0 Å². The van der Waals surface area contributed by atoms with Crippen molar-refractivity contribution in [2.45, 2.75) is 17.4 Å². The Morgan fingerprint density at radius 3 is 1.93 bits per heavy atom. The van der Waals surface area contributed by atoms with Crippen LogP contribution in [0.15, 0.2) is 23.8 Å². The Balaban J connectivity index is 3.46. The van der Waals surface area contributed by atoms with Crippen LogP contribution < -0.4 is 0 Å². The lowest BCUT2D eigenvalue weighted by atomic mass is 10.1. The van der Waals surface area contributed by atoms with Gasteiger partial charge in [0.2, 0.25) is 4.08 Å². The Hall–Kier alpha value is -0.700. The average Bonchev–Trinajstić information content (AvgIpc) is 2.00. The molecule has 0 heterocycles. The molecule has 0 spiro atoms. The van der Waals surface area contributed by atoms with E-state index in [2.05, 4.69) is 0 Å². The van der Waals surface area contributed by atoms with E-state index in [1.807, 2.05) is 0 Å². The second-order valence-corrected chi connectivity index (χ2v) is 6.86. The first kappa shape index (κ1) is 12.4. The first-order valence-corrected chi connectivity index (χ1v) is 6.78. The molecule has 0 aliphatic heterocycles. The standard InChI is InChI=1S/C7H10O6S2/c1-6-2-4-7(5-3-6,14(8,9)10)15(11,12)13/h2-4H,5H2,1H3,(H,8,9,10)(H,11,12,13). The summed E-state index contributed by atoms with van der Waals surface area (Å²) in [5.41, 5.74) is 0.651. The van der Waals surface area contributed by atoms with Crippen LogP contribution >= 0.6 is 0 Å². The van der Waals surface area contributed by atoms with Gasteiger partial charge in [-0.1, -0.05) is 17.7 Å². The average molecular weight is 254 g/mol. The largest absolute Gasteiger partial charge is 0.291 e. The fourth-order valence-corrected chi connectivity index (χ4v) is 3.35. The van der Waals surface area contributed by atoms with Crippen LogP contribution in [-0.4, -0.2) is 30.0 Å². The first-order chi connectivity index (χ1) is 6.60. The van der Waals surface area contributed by atoms with Gasteiger partial charge in [0.15, 0.2) is 0 Å². The third-order valence-corrected chi connectivity index (χ3v) is 5.80. The number of allylic oxidation sites excluding steroid dienone is 3. The van der Waals surface area contributed by atoms with E-state index in [1.54, 1.807) is 6.92 Å². The third-order valence-electron chi connectivity index (χ3n) is 2.18. The van der Waals surface area contributed by atoms with Crippen LogP contribution in [0.4, 0.5) is 0 Å². The maximum atomic E-state index is 11.0. The zero-order chi connectivity index (χ0) is 11.9. The van der Waals surface area contributed by atoms with Gasteiger partial charge in [0.1, 0.15) is 0 Å². The molecule has 0 atom stereocenters. The molecule has 15 heavy (non-hydrogen) atoms. The molecule has 0 saturated carbocycles. The van der Waals surface area contributed by atoms with Crippen LogP contribution in [0.1, 0.15) is 13.3 Å². The second-order valence-electron chi connectivity index (χ2n) is 3.25. The van der Waals surface area contributed by atoms with Gasteiger partial charge in [0, 0.05) is 6.42 Å². The highest BCUT2D eigenvalue weighted by Gasteiger charge is 2.52. The Morgan fingerprint density at radius 1 is 1.20 bits per heavy atom. The van der Waals surface area contributed by atoms with E-state index < -0.39 is 30.7 Å². The maximum Gasteiger partial charge on any atom is 0.291 e. The van der Waals surface area contributed by atoms with E-state index in [-0.39, 0.29) is 0 Å². The molecule has 1 aliphatic carbocycles.